The quantitative estimate of drug-likeness (QED) is 0.575. The molecule has 1 aliphatic carbocycles. The molecule has 0 atom stereocenters. The Balaban J connectivity index is 1.84. The van der Waals surface area contributed by atoms with Gasteiger partial charge in [0.1, 0.15) is 17.2 Å². The molecule has 30 heavy (non-hydrogen) atoms. The predicted molar refractivity (Wildman–Crippen MR) is 120 cm³/mol. The molecule has 0 spiro atoms. The molecule has 7 heteroatoms. The van der Waals surface area contributed by atoms with E-state index in [4.69, 9.17) is 19.2 Å². The molecular formula is C23H25N3O3S. The highest BCUT2D eigenvalue weighted by molar-refractivity contribution is 7.07. The molecule has 0 saturated carbocycles. The summed E-state index contributed by atoms with van der Waals surface area (Å²) >= 11 is 1.57. The van der Waals surface area contributed by atoms with Gasteiger partial charge in [-0.3, -0.25) is 5.43 Å². The summed E-state index contributed by atoms with van der Waals surface area (Å²) in [6.45, 7) is 0. The highest BCUT2D eigenvalue weighted by atomic mass is 32.1. The second-order valence-electron chi connectivity index (χ2n) is 6.85. The maximum atomic E-state index is 5.63. The van der Waals surface area contributed by atoms with Crippen molar-refractivity contribution in [1.29, 1.82) is 0 Å². The molecular weight excluding hydrogens is 398 g/mol. The summed E-state index contributed by atoms with van der Waals surface area (Å²) in [7, 11) is 5.00. The van der Waals surface area contributed by atoms with Crippen LogP contribution in [0, 0.1) is 0 Å². The van der Waals surface area contributed by atoms with Gasteiger partial charge in [-0.25, -0.2) is 9.67 Å². The van der Waals surface area contributed by atoms with E-state index in [1.54, 1.807) is 32.7 Å². The number of thiazole rings is 1. The minimum Gasteiger partial charge on any atom is -0.497 e. The van der Waals surface area contributed by atoms with Crippen LogP contribution in [0.3, 0.4) is 0 Å². The van der Waals surface area contributed by atoms with Gasteiger partial charge in [0.2, 0.25) is 4.80 Å². The number of rotatable bonds is 7. The van der Waals surface area contributed by atoms with E-state index in [0.29, 0.717) is 0 Å². The maximum Gasteiger partial charge on any atom is 0.209 e. The lowest BCUT2D eigenvalue weighted by atomic mass is 10.1. The third-order valence-corrected chi connectivity index (χ3v) is 5.81. The summed E-state index contributed by atoms with van der Waals surface area (Å²) in [5, 5.41) is 2.09. The molecule has 4 rings (SSSR count). The summed E-state index contributed by atoms with van der Waals surface area (Å²) in [5.74, 6) is 2.36. The van der Waals surface area contributed by atoms with Gasteiger partial charge in [0.15, 0.2) is 0 Å². The Kier molecular flexibility index (Phi) is 6.09. The number of ether oxygens (including phenoxy) is 3. The van der Waals surface area contributed by atoms with Gasteiger partial charge in [0, 0.05) is 16.6 Å². The van der Waals surface area contributed by atoms with E-state index >= 15 is 0 Å². The molecule has 3 aromatic rings. The highest BCUT2D eigenvalue weighted by Crippen LogP contribution is 2.34. The van der Waals surface area contributed by atoms with Crippen LogP contribution >= 0.6 is 11.3 Å². The number of hydrogen-bond donors (Lipinski definition) is 1. The number of methoxy groups -OCH3 is 3. The fourth-order valence-corrected chi connectivity index (χ4v) is 4.24. The summed E-state index contributed by atoms with van der Waals surface area (Å²) in [5.41, 5.74) is 7.53. The topological polar surface area (TPSA) is 57.0 Å². The molecule has 6 nitrogen and oxygen atoms in total. The zero-order chi connectivity index (χ0) is 20.9. The van der Waals surface area contributed by atoms with Gasteiger partial charge in [-0.2, -0.15) is 0 Å². The molecule has 1 aromatic heterocycles. The molecule has 1 heterocycles. The van der Waals surface area contributed by atoms with Crippen LogP contribution < -0.4 is 24.4 Å². The van der Waals surface area contributed by atoms with Crippen molar-refractivity contribution in [3.63, 3.8) is 0 Å². The van der Waals surface area contributed by atoms with Gasteiger partial charge in [0.05, 0.1) is 32.7 Å². The highest BCUT2D eigenvalue weighted by Gasteiger charge is 2.16. The monoisotopic (exact) mass is 423 g/mol. The van der Waals surface area contributed by atoms with Crippen molar-refractivity contribution in [3.8, 4) is 28.5 Å². The van der Waals surface area contributed by atoms with Gasteiger partial charge in [-0.05, 0) is 61.7 Å². The Morgan fingerprint density at radius 2 is 1.73 bits per heavy atom. The van der Waals surface area contributed by atoms with Crippen molar-refractivity contribution in [2.75, 3.05) is 26.8 Å². The number of nitrogens with one attached hydrogen (secondary N) is 1. The molecule has 156 valence electrons. The number of hydrogen-bond acceptors (Lipinski definition) is 6. The molecule has 0 unspecified atom stereocenters. The van der Waals surface area contributed by atoms with E-state index in [0.717, 1.165) is 58.3 Å². The molecule has 0 bridgehead atoms. The average Bonchev–Trinajstić information content (AvgIpc) is 3.44. The van der Waals surface area contributed by atoms with Crippen LogP contribution in [0.2, 0.25) is 0 Å². The number of benzene rings is 2. The molecule has 0 saturated heterocycles. The van der Waals surface area contributed by atoms with Crippen molar-refractivity contribution < 1.29 is 14.2 Å². The first kappa shape index (κ1) is 20.1. The van der Waals surface area contributed by atoms with E-state index in [1.165, 1.54) is 5.70 Å². The second kappa shape index (κ2) is 9.09. The number of nitrogens with zero attached hydrogens (tertiary/aromatic N) is 2. The first-order valence-electron chi connectivity index (χ1n) is 9.79. The summed E-state index contributed by atoms with van der Waals surface area (Å²) in [4.78, 5) is 5.71. The number of allylic oxidation sites excluding steroid dienone is 2. The van der Waals surface area contributed by atoms with Crippen LogP contribution in [-0.4, -0.2) is 26.0 Å². The molecule has 0 radical (unpaired) electrons. The Hall–Kier alpha value is -3.19. The normalized spacial score (nSPS) is 13.8. The standard InChI is InChI=1S/C23H25N3O3S/c1-27-18-10-8-16(9-11-18)24-23-26(25-17-6-4-5-7-17)21(15-30-23)20-14-19(28-2)12-13-22(20)29-3/h6,8-15,25H,4-5,7H2,1-3H3. The Bertz CT molecular complexity index is 1110. The van der Waals surface area contributed by atoms with Crippen LogP contribution in [0.5, 0.6) is 17.2 Å². The van der Waals surface area contributed by atoms with Gasteiger partial charge >= 0.3 is 0 Å². The van der Waals surface area contributed by atoms with Crippen LogP contribution in [0.1, 0.15) is 19.3 Å². The smallest absolute Gasteiger partial charge is 0.209 e. The number of aromatic nitrogens is 1. The minimum atomic E-state index is 0.775. The van der Waals surface area contributed by atoms with Crippen LogP contribution in [0.15, 0.2) is 64.6 Å². The lowest BCUT2D eigenvalue weighted by Crippen LogP contribution is -2.25. The third-order valence-electron chi connectivity index (χ3n) is 4.98. The largest absolute Gasteiger partial charge is 0.497 e. The van der Waals surface area contributed by atoms with E-state index in [9.17, 15) is 0 Å². The van der Waals surface area contributed by atoms with Crippen molar-refractivity contribution in [1.82, 2.24) is 4.68 Å². The average molecular weight is 424 g/mol. The van der Waals surface area contributed by atoms with Crippen molar-refractivity contribution in [3.05, 3.63) is 64.4 Å². The van der Waals surface area contributed by atoms with Crippen molar-refractivity contribution in [2.45, 2.75) is 19.3 Å². The zero-order valence-corrected chi connectivity index (χ0v) is 18.2. The predicted octanol–water partition coefficient (Wildman–Crippen LogP) is 5.09. The summed E-state index contributed by atoms with van der Waals surface area (Å²) < 4.78 is 18.4. The Labute approximate surface area is 180 Å². The summed E-state index contributed by atoms with van der Waals surface area (Å²) in [6, 6.07) is 13.5. The van der Waals surface area contributed by atoms with Crippen LogP contribution in [0.25, 0.3) is 11.3 Å². The SMILES string of the molecule is COc1ccc(N=c2scc(-c3cc(OC)ccc3OC)n2NC2=CCCC2)cc1. The molecule has 1 aliphatic rings. The molecule has 0 amide bonds. The Morgan fingerprint density at radius 1 is 0.967 bits per heavy atom. The van der Waals surface area contributed by atoms with E-state index in [2.05, 4.69) is 16.9 Å². The van der Waals surface area contributed by atoms with E-state index in [-0.39, 0.29) is 0 Å². The second-order valence-corrected chi connectivity index (χ2v) is 7.68. The fraction of sp³-hybridized carbons (Fsp3) is 0.261. The van der Waals surface area contributed by atoms with Crippen LogP contribution in [-0.2, 0) is 0 Å². The van der Waals surface area contributed by atoms with E-state index in [1.807, 2.05) is 47.1 Å². The lowest BCUT2D eigenvalue weighted by Gasteiger charge is -2.15. The van der Waals surface area contributed by atoms with E-state index < -0.39 is 0 Å². The fourth-order valence-electron chi connectivity index (χ4n) is 3.38. The first-order chi connectivity index (χ1) is 14.7. The lowest BCUT2D eigenvalue weighted by molar-refractivity contribution is 0.404. The molecule has 0 fully saturated rings. The molecule has 1 N–H and O–H groups in total. The van der Waals surface area contributed by atoms with Gasteiger partial charge in [-0.15, -0.1) is 11.3 Å². The zero-order valence-electron chi connectivity index (χ0n) is 17.3. The summed E-state index contributed by atoms with van der Waals surface area (Å²) in [6.07, 6.45) is 5.53. The molecule has 2 aromatic carbocycles. The van der Waals surface area contributed by atoms with Gasteiger partial charge < -0.3 is 14.2 Å². The van der Waals surface area contributed by atoms with Gasteiger partial charge in [0.25, 0.3) is 0 Å². The first-order valence-corrected chi connectivity index (χ1v) is 10.7. The minimum absolute atomic E-state index is 0.775. The molecule has 0 aliphatic heterocycles. The van der Waals surface area contributed by atoms with Crippen molar-refractivity contribution in [2.24, 2.45) is 4.99 Å². The van der Waals surface area contributed by atoms with Crippen molar-refractivity contribution >= 4 is 17.0 Å². The third kappa shape index (κ3) is 4.21. The van der Waals surface area contributed by atoms with Crippen LogP contribution in [0.4, 0.5) is 5.69 Å². The van der Waals surface area contributed by atoms with Gasteiger partial charge in [-0.1, -0.05) is 6.08 Å². The Morgan fingerprint density at radius 3 is 2.40 bits per heavy atom. The maximum absolute atomic E-state index is 5.63.